The molecule has 0 aliphatic carbocycles. The van der Waals surface area contributed by atoms with Gasteiger partial charge in [-0.3, -0.25) is 0 Å². The van der Waals surface area contributed by atoms with Crippen molar-refractivity contribution in [2.45, 2.75) is 19.9 Å². The Bertz CT molecular complexity index is 551. The Morgan fingerprint density at radius 2 is 1.79 bits per heavy atom. The van der Waals surface area contributed by atoms with Crippen LogP contribution in [0.5, 0.6) is 5.75 Å². The van der Waals surface area contributed by atoms with Gasteiger partial charge in [0.1, 0.15) is 11.6 Å². The summed E-state index contributed by atoms with van der Waals surface area (Å²) >= 11 is 0. The molecule has 1 unspecified atom stereocenters. The first kappa shape index (κ1) is 13.4. The number of hydrogen-bond acceptors (Lipinski definition) is 2. The van der Waals surface area contributed by atoms with Crippen LogP contribution < -0.4 is 10.1 Å². The van der Waals surface area contributed by atoms with Gasteiger partial charge >= 0.3 is 0 Å². The molecular formula is C16H18FNO. The molecule has 1 N–H and O–H groups in total. The van der Waals surface area contributed by atoms with Gasteiger partial charge in [0.05, 0.1) is 13.2 Å². The van der Waals surface area contributed by atoms with E-state index >= 15 is 0 Å². The predicted molar refractivity (Wildman–Crippen MR) is 76.2 cm³/mol. The van der Waals surface area contributed by atoms with Crippen LogP contribution in [0.1, 0.15) is 24.1 Å². The molecule has 2 aromatic carbocycles. The number of hydrogen-bond donors (Lipinski definition) is 1. The highest BCUT2D eigenvalue weighted by molar-refractivity contribution is 5.47. The summed E-state index contributed by atoms with van der Waals surface area (Å²) in [6.07, 6.45) is 0. The number of nitrogens with one attached hydrogen (secondary N) is 1. The summed E-state index contributed by atoms with van der Waals surface area (Å²) in [7, 11) is 1.53. The number of aryl methyl sites for hydroxylation is 1. The van der Waals surface area contributed by atoms with Crippen LogP contribution in [0.15, 0.2) is 42.5 Å². The second-order valence-electron chi connectivity index (χ2n) is 4.62. The van der Waals surface area contributed by atoms with E-state index in [-0.39, 0.29) is 11.9 Å². The second-order valence-corrected chi connectivity index (χ2v) is 4.62. The first-order valence-electron chi connectivity index (χ1n) is 6.27. The second kappa shape index (κ2) is 5.74. The largest absolute Gasteiger partial charge is 0.497 e. The molecule has 2 rings (SSSR count). The summed E-state index contributed by atoms with van der Waals surface area (Å²) < 4.78 is 18.9. The van der Waals surface area contributed by atoms with Crippen molar-refractivity contribution in [2.24, 2.45) is 0 Å². The molecule has 0 aliphatic rings. The smallest absolute Gasteiger partial charge is 0.132 e. The van der Waals surface area contributed by atoms with Crippen LogP contribution >= 0.6 is 0 Å². The van der Waals surface area contributed by atoms with E-state index in [4.69, 9.17) is 4.74 Å². The van der Waals surface area contributed by atoms with Crippen LogP contribution in [0.4, 0.5) is 10.1 Å². The van der Waals surface area contributed by atoms with Crippen LogP contribution in [-0.2, 0) is 0 Å². The Labute approximate surface area is 113 Å². The van der Waals surface area contributed by atoms with Crippen molar-refractivity contribution in [3.63, 3.8) is 0 Å². The number of halogens is 1. The standard InChI is InChI=1S/C16H18FNO/c1-11-4-6-13(7-5-11)18-12(2)15-9-8-14(19-3)10-16(15)17/h4-10,12,18H,1-3H3. The van der Waals surface area contributed by atoms with E-state index in [0.717, 1.165) is 5.69 Å². The lowest BCUT2D eigenvalue weighted by molar-refractivity contribution is 0.410. The molecule has 2 aromatic rings. The molecule has 0 amide bonds. The molecule has 3 heteroatoms. The number of ether oxygens (including phenoxy) is 1. The molecule has 0 saturated carbocycles. The van der Waals surface area contributed by atoms with E-state index in [2.05, 4.69) is 5.32 Å². The number of rotatable bonds is 4. The van der Waals surface area contributed by atoms with Crippen LogP contribution in [0.25, 0.3) is 0 Å². The summed E-state index contributed by atoms with van der Waals surface area (Å²) in [6.45, 7) is 3.97. The van der Waals surface area contributed by atoms with Gasteiger partial charge < -0.3 is 10.1 Å². The van der Waals surface area contributed by atoms with Gasteiger partial charge in [-0.2, -0.15) is 0 Å². The van der Waals surface area contributed by atoms with E-state index < -0.39 is 0 Å². The molecule has 0 spiro atoms. The fourth-order valence-corrected chi connectivity index (χ4v) is 1.96. The average molecular weight is 259 g/mol. The normalized spacial score (nSPS) is 12.0. The van der Waals surface area contributed by atoms with Crippen molar-refractivity contribution in [2.75, 3.05) is 12.4 Å². The summed E-state index contributed by atoms with van der Waals surface area (Å²) in [6, 6.07) is 12.9. The number of benzene rings is 2. The third-order valence-corrected chi connectivity index (χ3v) is 3.11. The van der Waals surface area contributed by atoms with Gasteiger partial charge in [-0.25, -0.2) is 4.39 Å². The molecule has 0 fully saturated rings. The highest BCUT2D eigenvalue weighted by atomic mass is 19.1. The summed E-state index contributed by atoms with van der Waals surface area (Å²) in [5.74, 6) is 0.273. The van der Waals surface area contributed by atoms with Crippen molar-refractivity contribution in [3.8, 4) is 5.75 Å². The Hall–Kier alpha value is -2.03. The zero-order chi connectivity index (χ0) is 13.8. The lowest BCUT2D eigenvalue weighted by Gasteiger charge is -2.17. The summed E-state index contributed by atoms with van der Waals surface area (Å²) in [5.41, 5.74) is 2.81. The van der Waals surface area contributed by atoms with Crippen molar-refractivity contribution in [1.29, 1.82) is 0 Å². The molecule has 0 radical (unpaired) electrons. The monoisotopic (exact) mass is 259 g/mol. The third-order valence-electron chi connectivity index (χ3n) is 3.11. The van der Waals surface area contributed by atoms with Crippen LogP contribution in [0.3, 0.4) is 0 Å². The molecule has 0 aromatic heterocycles. The quantitative estimate of drug-likeness (QED) is 0.883. The SMILES string of the molecule is COc1ccc(C(C)Nc2ccc(C)cc2)c(F)c1. The highest BCUT2D eigenvalue weighted by Crippen LogP contribution is 2.24. The van der Waals surface area contributed by atoms with Crippen molar-refractivity contribution in [1.82, 2.24) is 0 Å². The van der Waals surface area contributed by atoms with E-state index in [9.17, 15) is 4.39 Å². The number of methoxy groups -OCH3 is 1. The van der Waals surface area contributed by atoms with Gasteiger partial charge in [0, 0.05) is 17.3 Å². The van der Waals surface area contributed by atoms with Gasteiger partial charge in [-0.1, -0.05) is 23.8 Å². The lowest BCUT2D eigenvalue weighted by atomic mass is 10.1. The maximum Gasteiger partial charge on any atom is 0.132 e. The van der Waals surface area contributed by atoms with E-state index in [1.165, 1.54) is 18.7 Å². The Morgan fingerprint density at radius 3 is 2.37 bits per heavy atom. The topological polar surface area (TPSA) is 21.3 Å². The maximum atomic E-state index is 13.9. The lowest BCUT2D eigenvalue weighted by Crippen LogP contribution is -2.08. The maximum absolute atomic E-state index is 13.9. The molecule has 0 aliphatic heterocycles. The Kier molecular flexibility index (Phi) is 4.05. The van der Waals surface area contributed by atoms with Gasteiger partial charge in [0.2, 0.25) is 0 Å². The first-order chi connectivity index (χ1) is 9.10. The van der Waals surface area contributed by atoms with Crippen LogP contribution in [-0.4, -0.2) is 7.11 Å². The van der Waals surface area contributed by atoms with Crippen molar-refractivity contribution < 1.29 is 9.13 Å². The number of anilines is 1. The minimum absolute atomic E-state index is 0.103. The Balaban J connectivity index is 2.15. The molecule has 0 bridgehead atoms. The molecule has 0 heterocycles. The van der Waals surface area contributed by atoms with Crippen LogP contribution in [0, 0.1) is 12.7 Å². The van der Waals surface area contributed by atoms with Gasteiger partial charge in [-0.15, -0.1) is 0 Å². The summed E-state index contributed by atoms with van der Waals surface area (Å²) in [4.78, 5) is 0. The minimum atomic E-state index is -0.258. The van der Waals surface area contributed by atoms with Crippen LogP contribution in [0.2, 0.25) is 0 Å². The van der Waals surface area contributed by atoms with E-state index in [0.29, 0.717) is 11.3 Å². The van der Waals surface area contributed by atoms with Gasteiger partial charge in [-0.05, 0) is 32.0 Å². The molecule has 1 atom stereocenters. The zero-order valence-electron chi connectivity index (χ0n) is 11.4. The molecule has 19 heavy (non-hydrogen) atoms. The summed E-state index contributed by atoms with van der Waals surface area (Å²) in [5, 5.41) is 3.28. The zero-order valence-corrected chi connectivity index (χ0v) is 11.4. The van der Waals surface area contributed by atoms with Crippen molar-refractivity contribution >= 4 is 5.69 Å². The molecule has 100 valence electrons. The highest BCUT2D eigenvalue weighted by Gasteiger charge is 2.11. The average Bonchev–Trinajstić information content (AvgIpc) is 2.41. The molecular weight excluding hydrogens is 241 g/mol. The van der Waals surface area contributed by atoms with Gasteiger partial charge in [0.25, 0.3) is 0 Å². The minimum Gasteiger partial charge on any atom is -0.497 e. The fourth-order valence-electron chi connectivity index (χ4n) is 1.96. The van der Waals surface area contributed by atoms with Gasteiger partial charge in [0.15, 0.2) is 0 Å². The van der Waals surface area contributed by atoms with E-state index in [1.807, 2.05) is 38.1 Å². The molecule has 0 saturated heterocycles. The van der Waals surface area contributed by atoms with Crippen molar-refractivity contribution in [3.05, 3.63) is 59.4 Å². The fraction of sp³-hybridized carbons (Fsp3) is 0.250. The predicted octanol–water partition coefficient (Wildman–Crippen LogP) is 4.32. The first-order valence-corrected chi connectivity index (χ1v) is 6.27. The Morgan fingerprint density at radius 1 is 1.11 bits per heavy atom. The van der Waals surface area contributed by atoms with E-state index in [1.54, 1.807) is 12.1 Å². The molecule has 2 nitrogen and oxygen atoms in total. The third kappa shape index (κ3) is 3.25.